The van der Waals surface area contributed by atoms with Crippen molar-refractivity contribution in [3.8, 4) is 0 Å². The number of alkyl halides is 1. The third kappa shape index (κ3) is 3.31. The summed E-state index contributed by atoms with van der Waals surface area (Å²) in [4.78, 5) is 0. The lowest BCUT2D eigenvalue weighted by Crippen LogP contribution is -2.09. The van der Waals surface area contributed by atoms with Crippen molar-refractivity contribution in [1.82, 2.24) is 9.78 Å². The van der Waals surface area contributed by atoms with E-state index in [4.69, 9.17) is 23.2 Å². The van der Waals surface area contributed by atoms with Crippen LogP contribution < -0.4 is 0 Å². The van der Waals surface area contributed by atoms with E-state index in [1.54, 1.807) is 0 Å². The van der Waals surface area contributed by atoms with Gasteiger partial charge in [-0.15, -0.1) is 11.6 Å². The highest BCUT2D eigenvalue weighted by Crippen LogP contribution is 2.28. The fourth-order valence-corrected chi connectivity index (χ4v) is 2.81. The molecule has 0 spiro atoms. The van der Waals surface area contributed by atoms with Crippen molar-refractivity contribution < 1.29 is 0 Å². The van der Waals surface area contributed by atoms with Crippen LogP contribution in [0.15, 0.2) is 30.3 Å². The molecule has 0 radical (unpaired) electrons. The fraction of sp³-hybridized carbons (Fsp3) is 0.400. The van der Waals surface area contributed by atoms with Gasteiger partial charge in [0.2, 0.25) is 0 Å². The summed E-state index contributed by atoms with van der Waals surface area (Å²) in [6.45, 7) is 2.11. The standard InChI is InChI=1S/C15H18Cl2N2/c1-3-12-9-13(19(2)18-12)8-11(10-16)14-6-4-5-7-15(14)17/h4-7,9,11H,3,8,10H2,1-2H3. The third-order valence-corrected chi connectivity index (χ3v) is 4.09. The van der Waals surface area contributed by atoms with Gasteiger partial charge in [0.15, 0.2) is 0 Å². The van der Waals surface area contributed by atoms with E-state index >= 15 is 0 Å². The number of nitrogens with zero attached hydrogens (tertiary/aromatic N) is 2. The molecule has 0 fully saturated rings. The van der Waals surface area contributed by atoms with Crippen LogP contribution >= 0.6 is 23.2 Å². The molecule has 2 nitrogen and oxygen atoms in total. The maximum absolute atomic E-state index is 6.26. The molecule has 0 aliphatic rings. The molecule has 0 bridgehead atoms. The summed E-state index contributed by atoms with van der Waals surface area (Å²) in [5, 5.41) is 5.26. The zero-order valence-corrected chi connectivity index (χ0v) is 12.7. The minimum Gasteiger partial charge on any atom is -0.272 e. The van der Waals surface area contributed by atoms with Crippen LogP contribution in [0.2, 0.25) is 5.02 Å². The average molecular weight is 297 g/mol. The van der Waals surface area contributed by atoms with Crippen molar-refractivity contribution in [3.63, 3.8) is 0 Å². The van der Waals surface area contributed by atoms with Gasteiger partial charge in [-0.2, -0.15) is 5.10 Å². The first-order chi connectivity index (χ1) is 9.15. The molecule has 2 aromatic rings. The Bertz CT molecular complexity index is 549. The van der Waals surface area contributed by atoms with Gasteiger partial charge in [-0.1, -0.05) is 36.7 Å². The highest BCUT2D eigenvalue weighted by Gasteiger charge is 2.16. The molecule has 1 unspecified atom stereocenters. The molecule has 2 rings (SSSR count). The van der Waals surface area contributed by atoms with Gasteiger partial charge in [-0.3, -0.25) is 4.68 Å². The van der Waals surface area contributed by atoms with E-state index < -0.39 is 0 Å². The second kappa shape index (κ2) is 6.44. The maximum Gasteiger partial charge on any atom is 0.0624 e. The van der Waals surface area contributed by atoms with E-state index in [2.05, 4.69) is 18.1 Å². The molecule has 1 aromatic carbocycles. The van der Waals surface area contributed by atoms with E-state index in [-0.39, 0.29) is 5.92 Å². The lowest BCUT2D eigenvalue weighted by atomic mass is 9.96. The van der Waals surface area contributed by atoms with Crippen LogP contribution in [0, 0.1) is 0 Å². The Hall–Kier alpha value is -0.990. The largest absolute Gasteiger partial charge is 0.272 e. The van der Waals surface area contributed by atoms with Gasteiger partial charge >= 0.3 is 0 Å². The minimum absolute atomic E-state index is 0.218. The minimum atomic E-state index is 0.218. The molecular weight excluding hydrogens is 279 g/mol. The fourth-order valence-electron chi connectivity index (χ4n) is 2.24. The highest BCUT2D eigenvalue weighted by atomic mass is 35.5. The van der Waals surface area contributed by atoms with Gasteiger partial charge in [0.1, 0.15) is 0 Å². The molecule has 0 N–H and O–H groups in total. The number of hydrogen-bond donors (Lipinski definition) is 0. The summed E-state index contributed by atoms with van der Waals surface area (Å²) in [6.07, 6.45) is 1.81. The lowest BCUT2D eigenvalue weighted by molar-refractivity contribution is 0.655. The molecule has 1 aromatic heterocycles. The second-order valence-corrected chi connectivity index (χ2v) is 5.40. The van der Waals surface area contributed by atoms with Gasteiger partial charge < -0.3 is 0 Å². The van der Waals surface area contributed by atoms with E-state index in [1.807, 2.05) is 36.0 Å². The molecule has 102 valence electrons. The van der Waals surface area contributed by atoms with Crippen molar-refractivity contribution in [1.29, 1.82) is 0 Å². The number of aromatic nitrogens is 2. The van der Waals surface area contributed by atoms with Crippen molar-refractivity contribution >= 4 is 23.2 Å². The maximum atomic E-state index is 6.26. The van der Waals surface area contributed by atoms with E-state index in [0.29, 0.717) is 5.88 Å². The molecule has 0 amide bonds. The summed E-state index contributed by atoms with van der Waals surface area (Å²) in [5.41, 5.74) is 3.42. The van der Waals surface area contributed by atoms with Gasteiger partial charge in [0.25, 0.3) is 0 Å². The Balaban J connectivity index is 2.24. The van der Waals surface area contributed by atoms with Crippen LogP contribution in [-0.2, 0) is 19.9 Å². The van der Waals surface area contributed by atoms with Gasteiger partial charge in [-0.25, -0.2) is 0 Å². The Morgan fingerprint density at radius 3 is 2.63 bits per heavy atom. The zero-order valence-electron chi connectivity index (χ0n) is 11.2. The Kier molecular flexibility index (Phi) is 4.89. The van der Waals surface area contributed by atoms with Gasteiger partial charge in [-0.05, 0) is 30.5 Å². The monoisotopic (exact) mass is 296 g/mol. The molecule has 0 saturated carbocycles. The predicted octanol–water partition coefficient (Wildman–Crippen LogP) is 4.20. The van der Waals surface area contributed by atoms with Crippen molar-refractivity contribution in [2.24, 2.45) is 7.05 Å². The number of benzene rings is 1. The zero-order chi connectivity index (χ0) is 13.8. The van der Waals surface area contributed by atoms with E-state index in [0.717, 1.165) is 29.1 Å². The normalized spacial score (nSPS) is 12.6. The second-order valence-electron chi connectivity index (χ2n) is 4.68. The van der Waals surface area contributed by atoms with Gasteiger partial charge in [0, 0.05) is 29.6 Å². The Labute approximate surface area is 124 Å². The van der Waals surface area contributed by atoms with Gasteiger partial charge in [0.05, 0.1) is 5.69 Å². The Morgan fingerprint density at radius 2 is 2.05 bits per heavy atom. The van der Waals surface area contributed by atoms with Crippen LogP contribution in [0.3, 0.4) is 0 Å². The van der Waals surface area contributed by atoms with E-state index in [1.165, 1.54) is 5.69 Å². The first-order valence-electron chi connectivity index (χ1n) is 6.47. The summed E-state index contributed by atoms with van der Waals surface area (Å²) in [6, 6.07) is 10.1. The van der Waals surface area contributed by atoms with Crippen LogP contribution in [0.25, 0.3) is 0 Å². The van der Waals surface area contributed by atoms with Crippen molar-refractivity contribution in [2.45, 2.75) is 25.7 Å². The lowest BCUT2D eigenvalue weighted by Gasteiger charge is -2.15. The third-order valence-electron chi connectivity index (χ3n) is 3.38. The molecule has 1 atom stereocenters. The number of hydrogen-bond acceptors (Lipinski definition) is 1. The smallest absolute Gasteiger partial charge is 0.0624 e. The number of rotatable bonds is 5. The Morgan fingerprint density at radius 1 is 1.32 bits per heavy atom. The summed E-state index contributed by atoms with van der Waals surface area (Å²) in [5.74, 6) is 0.770. The summed E-state index contributed by atoms with van der Waals surface area (Å²) >= 11 is 12.4. The van der Waals surface area contributed by atoms with Crippen LogP contribution in [0.4, 0.5) is 0 Å². The highest BCUT2D eigenvalue weighted by molar-refractivity contribution is 6.31. The van der Waals surface area contributed by atoms with Crippen molar-refractivity contribution in [3.05, 3.63) is 52.3 Å². The van der Waals surface area contributed by atoms with E-state index in [9.17, 15) is 0 Å². The molecular formula is C15H18Cl2N2. The first-order valence-corrected chi connectivity index (χ1v) is 7.39. The average Bonchev–Trinajstić information content (AvgIpc) is 2.77. The molecule has 0 saturated heterocycles. The summed E-state index contributed by atoms with van der Waals surface area (Å²) in [7, 11) is 1.98. The molecule has 4 heteroatoms. The van der Waals surface area contributed by atoms with Crippen LogP contribution in [-0.4, -0.2) is 15.7 Å². The molecule has 0 aliphatic heterocycles. The summed E-state index contributed by atoms with van der Waals surface area (Å²) < 4.78 is 1.94. The quantitative estimate of drug-likeness (QED) is 0.756. The predicted molar refractivity (Wildman–Crippen MR) is 81.2 cm³/mol. The topological polar surface area (TPSA) is 17.8 Å². The molecule has 1 heterocycles. The SMILES string of the molecule is CCc1cc(CC(CCl)c2ccccc2Cl)n(C)n1. The van der Waals surface area contributed by atoms with Crippen LogP contribution in [0.1, 0.15) is 29.8 Å². The first kappa shape index (κ1) is 14.4. The molecule has 19 heavy (non-hydrogen) atoms. The van der Waals surface area contributed by atoms with Crippen LogP contribution in [0.5, 0.6) is 0 Å². The number of aryl methyl sites for hydroxylation is 2. The van der Waals surface area contributed by atoms with Crippen molar-refractivity contribution in [2.75, 3.05) is 5.88 Å². The number of halogens is 2. The molecule has 0 aliphatic carbocycles.